The Labute approximate surface area is 329 Å². The van der Waals surface area contributed by atoms with Crippen molar-refractivity contribution in [2.24, 2.45) is 0 Å². The lowest BCUT2D eigenvalue weighted by molar-refractivity contribution is -0.0505. The minimum atomic E-state index is -7.38. The van der Waals surface area contributed by atoms with Crippen molar-refractivity contribution in [2.75, 3.05) is 0 Å². The van der Waals surface area contributed by atoms with Gasteiger partial charge in [0, 0.05) is 46.7 Å². The molecule has 6 aromatic carbocycles. The summed E-state index contributed by atoms with van der Waals surface area (Å²) >= 11 is 1.10. The molecule has 0 heterocycles. The number of sulfonamides is 2. The van der Waals surface area contributed by atoms with Crippen LogP contribution in [-0.2, 0) is 20.0 Å². The average Bonchev–Trinajstić information content (AvgIpc) is 3.20. The lowest BCUT2D eigenvalue weighted by Gasteiger charge is -2.47. The molecule has 6 rings (SSSR count). The zero-order valence-electron chi connectivity index (χ0n) is 28.9. The van der Waals surface area contributed by atoms with Gasteiger partial charge in [-0.15, -0.1) is 0 Å². The van der Waals surface area contributed by atoms with E-state index in [9.17, 15) is 52.8 Å². The van der Waals surface area contributed by atoms with Gasteiger partial charge in [-0.05, 0) is 88.0 Å². The molecule has 6 aromatic rings. The van der Waals surface area contributed by atoms with E-state index in [0.717, 1.165) is 60.3 Å². The van der Waals surface area contributed by atoms with Crippen molar-refractivity contribution in [3.63, 3.8) is 0 Å². The van der Waals surface area contributed by atoms with E-state index in [-0.39, 0.29) is 16.9 Å². The molecule has 0 radical (unpaired) electrons. The first-order valence-corrected chi connectivity index (χ1v) is 21.7. The SMILES string of the molecule is O=C(c1ccccc1)c1ccc(Sc2ccc(S(c3ccccc3)(c3ccc(C(=O)c4ccccc4)cc3)N(S(=O)(=O)C(F)(F)F)S(=O)(=O)C(F)(F)F)cc2)cc1. The van der Waals surface area contributed by atoms with Gasteiger partial charge in [0.25, 0.3) is 0 Å². The Bertz CT molecular complexity index is 2570. The van der Waals surface area contributed by atoms with Crippen molar-refractivity contribution in [2.45, 2.75) is 35.5 Å². The van der Waals surface area contributed by atoms with Crippen molar-refractivity contribution in [1.29, 1.82) is 0 Å². The van der Waals surface area contributed by atoms with E-state index in [0.29, 0.717) is 20.9 Å². The summed E-state index contributed by atoms with van der Waals surface area (Å²) in [4.78, 5) is 25.4. The normalized spacial score (nSPS) is 14.1. The molecule has 0 aromatic heterocycles. The van der Waals surface area contributed by atoms with Gasteiger partial charge in [0.15, 0.2) is 11.6 Å². The lowest BCUT2D eigenvalue weighted by atomic mass is 10.0. The monoisotopic (exact) mass is 859 g/mol. The third-order valence-electron chi connectivity index (χ3n) is 8.33. The Morgan fingerprint density at radius 3 is 1.05 bits per heavy atom. The highest BCUT2D eigenvalue weighted by Crippen LogP contribution is 2.74. The number of hydrogen-bond donors (Lipinski definition) is 0. The molecule has 0 aliphatic rings. The highest BCUT2D eigenvalue weighted by atomic mass is 32.4. The fourth-order valence-corrected chi connectivity index (χ4v) is 15.8. The molecular weight excluding hydrogens is 833 g/mol. The summed E-state index contributed by atoms with van der Waals surface area (Å²) in [6, 6.07) is 37.2. The molecule has 0 bridgehead atoms. The number of carbonyl (C=O) groups is 2. The van der Waals surface area contributed by atoms with Crippen molar-refractivity contribution < 1.29 is 52.8 Å². The van der Waals surface area contributed by atoms with Crippen LogP contribution in [0.5, 0.6) is 0 Å². The van der Waals surface area contributed by atoms with E-state index in [2.05, 4.69) is 0 Å². The first-order valence-electron chi connectivity index (χ1n) is 16.4. The van der Waals surface area contributed by atoms with Gasteiger partial charge >= 0.3 is 31.1 Å². The van der Waals surface area contributed by atoms with E-state index in [1.807, 2.05) is 0 Å². The van der Waals surface area contributed by atoms with E-state index in [1.165, 1.54) is 42.5 Å². The molecule has 1 atom stereocenters. The zero-order chi connectivity index (χ0) is 41.2. The van der Waals surface area contributed by atoms with E-state index < -0.39 is 64.9 Å². The number of halogens is 6. The number of alkyl halides is 6. The minimum Gasteiger partial charge on any atom is -0.289 e. The molecule has 0 aliphatic heterocycles. The zero-order valence-corrected chi connectivity index (χ0v) is 32.2. The number of nitrogens with zero attached hydrogens (tertiary/aromatic N) is 1. The molecular formula is C40H27F6NO6S4. The Morgan fingerprint density at radius 2 is 0.684 bits per heavy atom. The molecule has 0 aliphatic carbocycles. The minimum absolute atomic E-state index is 0.0709. The van der Waals surface area contributed by atoms with Gasteiger partial charge < -0.3 is 0 Å². The molecule has 1 unspecified atom stereocenters. The van der Waals surface area contributed by atoms with Crippen LogP contribution in [0.3, 0.4) is 0 Å². The molecule has 0 saturated carbocycles. The number of ketones is 2. The second kappa shape index (κ2) is 16.0. The molecule has 0 N–H and O–H groups in total. The van der Waals surface area contributed by atoms with Crippen LogP contribution in [0, 0.1) is 0 Å². The van der Waals surface area contributed by atoms with Crippen LogP contribution in [-0.4, -0.2) is 42.5 Å². The van der Waals surface area contributed by atoms with Crippen molar-refractivity contribution in [1.82, 2.24) is 3.12 Å². The first-order chi connectivity index (χ1) is 26.9. The quantitative estimate of drug-likeness (QED) is 0.0891. The molecule has 57 heavy (non-hydrogen) atoms. The second-order valence-electron chi connectivity index (χ2n) is 12.0. The molecule has 0 fully saturated rings. The molecule has 0 saturated heterocycles. The molecule has 294 valence electrons. The Kier molecular flexibility index (Phi) is 11.6. The highest BCUT2D eigenvalue weighted by Gasteiger charge is 2.67. The second-order valence-corrected chi connectivity index (χ2v) is 20.3. The predicted octanol–water partition coefficient (Wildman–Crippen LogP) is 10.5. The Hall–Kier alpha value is -5.20. The topological polar surface area (TPSA) is 106 Å². The van der Waals surface area contributed by atoms with Crippen molar-refractivity contribution in [3.05, 3.63) is 186 Å². The van der Waals surface area contributed by atoms with Gasteiger partial charge in [0.05, 0.1) is 0 Å². The van der Waals surface area contributed by atoms with Gasteiger partial charge in [0.2, 0.25) is 0 Å². The average molecular weight is 860 g/mol. The fourth-order valence-electron chi connectivity index (χ4n) is 5.71. The first kappa shape index (κ1) is 41.4. The number of benzene rings is 6. The largest absolute Gasteiger partial charge is 0.513 e. The molecule has 0 amide bonds. The van der Waals surface area contributed by atoms with Gasteiger partial charge in [0.1, 0.15) is 0 Å². The van der Waals surface area contributed by atoms with Crippen LogP contribution in [0.15, 0.2) is 188 Å². The van der Waals surface area contributed by atoms with E-state index in [4.69, 9.17) is 0 Å². The summed E-state index contributed by atoms with van der Waals surface area (Å²) in [5.74, 6) is -0.814. The maximum Gasteiger partial charge on any atom is 0.513 e. The Morgan fingerprint density at radius 1 is 0.404 bits per heavy atom. The van der Waals surface area contributed by atoms with Crippen molar-refractivity contribution >= 4 is 53.6 Å². The summed E-state index contributed by atoms with van der Waals surface area (Å²) in [7, 11) is -19.6. The van der Waals surface area contributed by atoms with Gasteiger partial charge in [-0.1, -0.05) is 101 Å². The number of hydrogen-bond acceptors (Lipinski definition) is 7. The molecule has 7 nitrogen and oxygen atoms in total. The summed E-state index contributed by atoms with van der Waals surface area (Å²) in [5, 5.41) is 0. The molecule has 17 heteroatoms. The van der Waals surface area contributed by atoms with Gasteiger partial charge in [-0.3, -0.25) is 9.59 Å². The summed E-state index contributed by atoms with van der Waals surface area (Å²) in [6.45, 7) is 0. The molecule has 0 spiro atoms. The summed E-state index contributed by atoms with van der Waals surface area (Å²) in [5.41, 5.74) is -12.1. The third-order valence-corrected chi connectivity index (χ3v) is 18.3. The summed E-state index contributed by atoms with van der Waals surface area (Å²) in [6.07, 6.45) is 0. The van der Waals surface area contributed by atoms with Crippen LogP contribution in [0.4, 0.5) is 26.3 Å². The van der Waals surface area contributed by atoms with Crippen LogP contribution >= 0.6 is 22.0 Å². The van der Waals surface area contributed by atoms with Crippen LogP contribution in [0.2, 0.25) is 0 Å². The van der Waals surface area contributed by atoms with E-state index in [1.54, 1.807) is 72.8 Å². The van der Waals surface area contributed by atoms with Gasteiger partial charge in [-0.2, -0.15) is 26.3 Å². The highest BCUT2D eigenvalue weighted by molar-refractivity contribution is 8.41. The smallest absolute Gasteiger partial charge is 0.289 e. The summed E-state index contributed by atoms with van der Waals surface area (Å²) < 4.78 is 140. The predicted molar refractivity (Wildman–Crippen MR) is 204 cm³/mol. The number of carbonyl (C=O) groups excluding carboxylic acids is 2. The standard InChI is InChI=1S/C40H27F6NO6S4/c41-39(42,43)56(50,51)47(57(52,53)40(44,45)46)55(34-14-8-3-9-15-34,35-24-18-31(19-25-35)38(49)29-12-6-2-7-13-29)36-26-22-33(23-27-36)54-32-20-16-30(17-21-32)37(48)28-10-4-1-5-11-28/h1-27H. The number of rotatable bonds is 12. The lowest BCUT2D eigenvalue weighted by Crippen LogP contribution is -2.50. The maximum atomic E-state index is 14.6. The Balaban J connectivity index is 1.55. The van der Waals surface area contributed by atoms with Crippen LogP contribution in [0.1, 0.15) is 31.8 Å². The van der Waals surface area contributed by atoms with E-state index >= 15 is 0 Å². The van der Waals surface area contributed by atoms with Crippen LogP contribution < -0.4 is 0 Å². The third kappa shape index (κ3) is 8.02. The van der Waals surface area contributed by atoms with Crippen molar-refractivity contribution in [3.8, 4) is 0 Å². The maximum absolute atomic E-state index is 14.6. The fraction of sp³-hybridized carbons (Fsp3) is 0.0500. The van der Waals surface area contributed by atoms with Gasteiger partial charge in [-0.25, -0.2) is 16.8 Å². The van der Waals surface area contributed by atoms with Crippen LogP contribution in [0.25, 0.3) is 0 Å².